The molecule has 1 unspecified atom stereocenters. The quantitative estimate of drug-likeness (QED) is 0.283. The number of carbonyl (C=O) groups excluding carboxylic acids is 1. The maximum atomic E-state index is 13.7. The number of thioether (sulfide) groups is 1. The zero-order chi connectivity index (χ0) is 23.7. The van der Waals surface area contributed by atoms with Crippen LogP contribution in [0, 0.1) is 0 Å². The molecule has 7 nitrogen and oxygen atoms in total. The lowest BCUT2D eigenvalue weighted by Crippen LogP contribution is -2.27. The molecule has 3 heterocycles. The van der Waals surface area contributed by atoms with Crippen molar-refractivity contribution in [1.82, 2.24) is 9.55 Å². The van der Waals surface area contributed by atoms with E-state index in [2.05, 4.69) is 5.32 Å². The molecular weight excluding hydrogens is 470 g/mol. The molecule has 4 aromatic rings. The molecule has 5 rings (SSSR count). The van der Waals surface area contributed by atoms with Crippen LogP contribution in [-0.4, -0.2) is 27.8 Å². The predicted molar refractivity (Wildman–Crippen MR) is 135 cm³/mol. The molecule has 1 aliphatic rings. The second-order valence-electron chi connectivity index (χ2n) is 8.21. The second-order valence-corrected chi connectivity index (χ2v) is 10.6. The van der Waals surface area contributed by atoms with Gasteiger partial charge in [0.25, 0.3) is 5.56 Å². The minimum Gasteiger partial charge on any atom is -0.495 e. The van der Waals surface area contributed by atoms with Crippen molar-refractivity contribution in [3.05, 3.63) is 69.2 Å². The number of aromatic nitrogens is 2. The minimum atomic E-state index is -0.494. The lowest BCUT2D eigenvalue weighted by Gasteiger charge is -2.16. The van der Waals surface area contributed by atoms with Crippen LogP contribution >= 0.6 is 23.1 Å². The standard InChI is InChI=1S/C25H25N3O4S2/c1-15(22(29)26-18-10-4-5-11-19(18)31-2)33-25-27-23-21(17-9-3-6-12-20(17)34-23)24(30)28(25)14-16-8-7-13-32-16/h4-5,7-8,10-11,13,15H,3,6,9,12,14H2,1-2H3,(H,26,29). The summed E-state index contributed by atoms with van der Waals surface area (Å²) in [6, 6.07) is 10.9. The summed E-state index contributed by atoms with van der Waals surface area (Å²) in [7, 11) is 1.57. The third kappa shape index (κ3) is 4.37. The maximum absolute atomic E-state index is 13.7. The summed E-state index contributed by atoms with van der Waals surface area (Å²) in [5.41, 5.74) is 1.68. The lowest BCUT2D eigenvalue weighted by molar-refractivity contribution is -0.115. The number of nitrogens with one attached hydrogen (secondary N) is 1. The highest BCUT2D eigenvalue weighted by Gasteiger charge is 2.25. The van der Waals surface area contributed by atoms with Crippen LogP contribution in [0.3, 0.4) is 0 Å². The Morgan fingerprint density at radius 3 is 2.88 bits per heavy atom. The Morgan fingerprint density at radius 1 is 1.26 bits per heavy atom. The average molecular weight is 496 g/mol. The first-order chi connectivity index (χ1) is 16.5. The normalized spacial score (nSPS) is 14.1. The number of anilines is 1. The number of ether oxygens (including phenoxy) is 1. The SMILES string of the molecule is COc1ccccc1NC(=O)C(C)Sc1nc2sc3c(c2c(=O)n1Cc1ccco1)CCCC3. The van der Waals surface area contributed by atoms with E-state index in [4.69, 9.17) is 14.1 Å². The number of thiophene rings is 1. The summed E-state index contributed by atoms with van der Waals surface area (Å²) < 4.78 is 12.5. The van der Waals surface area contributed by atoms with Crippen molar-refractivity contribution in [2.24, 2.45) is 0 Å². The Hall–Kier alpha value is -3.04. The number of rotatable bonds is 7. The van der Waals surface area contributed by atoms with Gasteiger partial charge in [-0.2, -0.15) is 0 Å². The monoisotopic (exact) mass is 495 g/mol. The van der Waals surface area contributed by atoms with E-state index in [-0.39, 0.29) is 18.0 Å². The number of nitrogens with zero attached hydrogens (tertiary/aromatic N) is 2. The van der Waals surface area contributed by atoms with Crippen molar-refractivity contribution < 1.29 is 13.9 Å². The second kappa shape index (κ2) is 9.68. The van der Waals surface area contributed by atoms with E-state index < -0.39 is 5.25 Å². The van der Waals surface area contributed by atoms with Crippen LogP contribution in [0.25, 0.3) is 10.2 Å². The zero-order valence-corrected chi connectivity index (χ0v) is 20.6. The highest BCUT2D eigenvalue weighted by atomic mass is 32.2. The van der Waals surface area contributed by atoms with Gasteiger partial charge in [0.05, 0.1) is 36.2 Å². The summed E-state index contributed by atoms with van der Waals surface area (Å²) in [6.07, 6.45) is 5.73. The molecule has 1 aliphatic carbocycles. The van der Waals surface area contributed by atoms with Gasteiger partial charge in [0, 0.05) is 4.88 Å². The first-order valence-corrected chi connectivity index (χ1v) is 12.9. The van der Waals surface area contributed by atoms with Crippen LogP contribution in [0.2, 0.25) is 0 Å². The number of aryl methyl sites for hydroxylation is 2. The third-order valence-corrected chi connectivity index (χ3v) is 8.23. The Morgan fingerprint density at radius 2 is 2.09 bits per heavy atom. The van der Waals surface area contributed by atoms with E-state index in [0.29, 0.717) is 22.4 Å². The van der Waals surface area contributed by atoms with Crippen molar-refractivity contribution in [1.29, 1.82) is 0 Å². The largest absolute Gasteiger partial charge is 0.495 e. The number of furan rings is 1. The number of para-hydroxylation sites is 2. The number of hydrogen-bond acceptors (Lipinski definition) is 7. The summed E-state index contributed by atoms with van der Waals surface area (Å²) in [5.74, 6) is 1.06. The van der Waals surface area contributed by atoms with Crippen molar-refractivity contribution >= 4 is 44.9 Å². The molecule has 0 saturated heterocycles. The average Bonchev–Trinajstić information content (AvgIpc) is 3.49. The van der Waals surface area contributed by atoms with Gasteiger partial charge in [0.1, 0.15) is 16.3 Å². The van der Waals surface area contributed by atoms with Gasteiger partial charge in [0.2, 0.25) is 5.91 Å². The molecule has 0 fully saturated rings. The van der Waals surface area contributed by atoms with E-state index >= 15 is 0 Å². The number of amides is 1. The van der Waals surface area contributed by atoms with Gasteiger partial charge < -0.3 is 14.5 Å². The van der Waals surface area contributed by atoms with Crippen LogP contribution in [0.15, 0.2) is 57.0 Å². The number of methoxy groups -OCH3 is 1. The van der Waals surface area contributed by atoms with Gasteiger partial charge in [-0.05, 0) is 62.4 Å². The Balaban J connectivity index is 1.50. The van der Waals surface area contributed by atoms with Gasteiger partial charge in [0.15, 0.2) is 5.16 Å². The molecule has 1 atom stereocenters. The number of carbonyl (C=O) groups is 1. The molecule has 34 heavy (non-hydrogen) atoms. The topological polar surface area (TPSA) is 86.4 Å². The molecule has 0 bridgehead atoms. The minimum absolute atomic E-state index is 0.0689. The van der Waals surface area contributed by atoms with Gasteiger partial charge in [-0.1, -0.05) is 23.9 Å². The van der Waals surface area contributed by atoms with Crippen LogP contribution in [-0.2, 0) is 24.2 Å². The lowest BCUT2D eigenvalue weighted by atomic mass is 9.97. The number of hydrogen-bond donors (Lipinski definition) is 1. The molecule has 3 aromatic heterocycles. The zero-order valence-electron chi connectivity index (χ0n) is 19.0. The first kappa shape index (κ1) is 22.7. The van der Waals surface area contributed by atoms with Crippen LogP contribution in [0.4, 0.5) is 5.69 Å². The summed E-state index contributed by atoms with van der Waals surface area (Å²) in [5, 5.41) is 3.66. The van der Waals surface area contributed by atoms with E-state index in [0.717, 1.165) is 41.5 Å². The molecule has 1 N–H and O–H groups in total. The Labute approximate surface area is 205 Å². The number of benzene rings is 1. The van der Waals surface area contributed by atoms with Crippen molar-refractivity contribution in [2.75, 3.05) is 12.4 Å². The predicted octanol–water partition coefficient (Wildman–Crippen LogP) is 5.11. The first-order valence-electron chi connectivity index (χ1n) is 11.2. The van der Waals surface area contributed by atoms with Gasteiger partial charge >= 0.3 is 0 Å². The van der Waals surface area contributed by atoms with Gasteiger partial charge in [-0.25, -0.2) is 4.98 Å². The molecule has 0 aliphatic heterocycles. The summed E-state index contributed by atoms with van der Waals surface area (Å²) >= 11 is 2.88. The third-order valence-electron chi connectivity index (χ3n) is 5.95. The highest BCUT2D eigenvalue weighted by Crippen LogP contribution is 2.35. The van der Waals surface area contributed by atoms with E-state index in [1.807, 2.05) is 25.1 Å². The molecule has 176 valence electrons. The number of fused-ring (bicyclic) bond motifs is 3. The van der Waals surface area contributed by atoms with Crippen molar-refractivity contribution in [3.63, 3.8) is 0 Å². The molecule has 0 saturated carbocycles. The molecule has 1 aromatic carbocycles. The summed E-state index contributed by atoms with van der Waals surface area (Å²) in [6.45, 7) is 2.07. The molecular formula is C25H25N3O4S2. The molecule has 1 amide bonds. The van der Waals surface area contributed by atoms with Crippen LogP contribution in [0.5, 0.6) is 5.75 Å². The van der Waals surface area contributed by atoms with Crippen molar-refractivity contribution in [2.45, 2.75) is 49.6 Å². The molecule has 0 radical (unpaired) electrons. The Bertz CT molecular complexity index is 1390. The molecule has 0 spiro atoms. The Kier molecular flexibility index (Phi) is 6.47. The van der Waals surface area contributed by atoms with Crippen LogP contribution in [0.1, 0.15) is 36.0 Å². The van der Waals surface area contributed by atoms with E-state index in [9.17, 15) is 9.59 Å². The fourth-order valence-corrected chi connectivity index (χ4v) is 6.41. The van der Waals surface area contributed by atoms with Gasteiger partial charge in [-0.3, -0.25) is 14.2 Å². The summed E-state index contributed by atoms with van der Waals surface area (Å²) in [4.78, 5) is 33.6. The smallest absolute Gasteiger partial charge is 0.263 e. The van der Waals surface area contributed by atoms with Gasteiger partial charge in [-0.15, -0.1) is 11.3 Å². The highest BCUT2D eigenvalue weighted by molar-refractivity contribution is 8.00. The molecule has 9 heteroatoms. The fraction of sp³-hybridized carbons (Fsp3) is 0.320. The maximum Gasteiger partial charge on any atom is 0.263 e. The van der Waals surface area contributed by atoms with Crippen molar-refractivity contribution in [3.8, 4) is 5.75 Å². The van der Waals surface area contributed by atoms with E-state index in [1.165, 1.54) is 16.6 Å². The fourth-order valence-electron chi connectivity index (χ4n) is 4.20. The van der Waals surface area contributed by atoms with E-state index in [1.54, 1.807) is 47.5 Å². The van der Waals surface area contributed by atoms with Crippen LogP contribution < -0.4 is 15.6 Å².